The molecule has 1 heterocycles. The number of nitrogens with one attached hydrogen (secondary N) is 1. The van der Waals surface area contributed by atoms with Crippen LogP contribution in [0.25, 0.3) is 0 Å². The fourth-order valence-electron chi connectivity index (χ4n) is 1.66. The lowest BCUT2D eigenvalue weighted by atomic mass is 10.1. The Labute approximate surface area is 127 Å². The van der Waals surface area contributed by atoms with Crippen molar-refractivity contribution in [3.63, 3.8) is 0 Å². The fraction of sp³-hybridized carbons (Fsp3) is 0.214. The van der Waals surface area contributed by atoms with E-state index in [1.165, 1.54) is 0 Å². The number of rotatable bonds is 4. The van der Waals surface area contributed by atoms with Crippen LogP contribution < -0.4 is 11.1 Å². The zero-order valence-corrected chi connectivity index (χ0v) is 12.0. The van der Waals surface area contributed by atoms with Crippen molar-refractivity contribution < 1.29 is 4.79 Å². The van der Waals surface area contributed by atoms with Gasteiger partial charge in [0, 0.05) is 23.2 Å². The van der Waals surface area contributed by atoms with Gasteiger partial charge in [-0.25, -0.2) is 0 Å². The Morgan fingerprint density at radius 1 is 1.48 bits per heavy atom. The van der Waals surface area contributed by atoms with Crippen molar-refractivity contribution in [2.45, 2.75) is 13.0 Å². The van der Waals surface area contributed by atoms with Gasteiger partial charge in [0.2, 0.25) is 5.91 Å². The van der Waals surface area contributed by atoms with Crippen molar-refractivity contribution in [3.8, 4) is 11.8 Å². The first-order valence-corrected chi connectivity index (χ1v) is 6.69. The predicted molar refractivity (Wildman–Crippen MR) is 80.7 cm³/mol. The highest BCUT2D eigenvalue weighted by atomic mass is 35.5. The second-order valence-corrected chi connectivity index (χ2v) is 4.60. The standard InChI is InChI=1S/C14H14ClN5O/c15-12-3-4-13(11(10-12)2-1-6-16)18-14(21)5-8-20-9-7-17-19-20/h3-4,7,9-10H,5-6,8,16H2,(H,18,21). The maximum Gasteiger partial charge on any atom is 0.226 e. The average molecular weight is 304 g/mol. The Morgan fingerprint density at radius 2 is 2.33 bits per heavy atom. The minimum absolute atomic E-state index is 0.136. The van der Waals surface area contributed by atoms with Crippen LogP contribution in [0.1, 0.15) is 12.0 Å². The number of hydrogen-bond acceptors (Lipinski definition) is 4. The lowest BCUT2D eigenvalue weighted by Gasteiger charge is -2.08. The summed E-state index contributed by atoms with van der Waals surface area (Å²) in [4.78, 5) is 11.9. The largest absolute Gasteiger partial charge is 0.325 e. The molecule has 2 rings (SSSR count). The van der Waals surface area contributed by atoms with Crippen LogP contribution in [0.15, 0.2) is 30.6 Å². The predicted octanol–water partition coefficient (Wildman–Crippen LogP) is 1.27. The molecule has 0 fully saturated rings. The summed E-state index contributed by atoms with van der Waals surface area (Å²) in [5, 5.41) is 10.8. The third-order valence-corrected chi connectivity index (χ3v) is 2.86. The summed E-state index contributed by atoms with van der Waals surface area (Å²) in [5.41, 5.74) is 6.61. The molecule has 0 saturated heterocycles. The zero-order valence-electron chi connectivity index (χ0n) is 11.2. The number of benzene rings is 1. The summed E-state index contributed by atoms with van der Waals surface area (Å²) in [7, 11) is 0. The first-order chi connectivity index (χ1) is 10.2. The van der Waals surface area contributed by atoms with Crippen LogP contribution >= 0.6 is 11.6 Å². The van der Waals surface area contributed by atoms with Gasteiger partial charge in [-0.2, -0.15) is 0 Å². The van der Waals surface area contributed by atoms with Gasteiger partial charge >= 0.3 is 0 Å². The number of carbonyl (C=O) groups excluding carboxylic acids is 1. The molecule has 1 aromatic heterocycles. The molecule has 1 aromatic carbocycles. The topological polar surface area (TPSA) is 85.8 Å². The highest BCUT2D eigenvalue weighted by molar-refractivity contribution is 6.30. The molecule has 0 bridgehead atoms. The van der Waals surface area contributed by atoms with Gasteiger partial charge in [0.25, 0.3) is 0 Å². The van der Waals surface area contributed by atoms with Gasteiger partial charge in [0.15, 0.2) is 0 Å². The molecule has 7 heteroatoms. The number of hydrogen-bond donors (Lipinski definition) is 2. The molecule has 2 aromatic rings. The Morgan fingerprint density at radius 3 is 3.05 bits per heavy atom. The average Bonchev–Trinajstić information content (AvgIpc) is 2.98. The number of aromatic nitrogens is 3. The van der Waals surface area contributed by atoms with E-state index >= 15 is 0 Å². The van der Waals surface area contributed by atoms with Crippen LogP contribution in [0.2, 0.25) is 5.02 Å². The number of nitrogens with two attached hydrogens (primary N) is 1. The molecule has 3 N–H and O–H groups in total. The summed E-state index contributed by atoms with van der Waals surface area (Å²) in [6.07, 6.45) is 3.56. The van der Waals surface area contributed by atoms with E-state index in [0.717, 1.165) is 0 Å². The van der Waals surface area contributed by atoms with Gasteiger partial charge in [-0.3, -0.25) is 9.48 Å². The van der Waals surface area contributed by atoms with Gasteiger partial charge in [-0.1, -0.05) is 28.7 Å². The summed E-state index contributed by atoms with van der Waals surface area (Å²) in [6, 6.07) is 5.11. The number of anilines is 1. The zero-order chi connectivity index (χ0) is 15.1. The molecular weight excluding hydrogens is 290 g/mol. The Balaban J connectivity index is 2.02. The maximum absolute atomic E-state index is 11.9. The van der Waals surface area contributed by atoms with Crippen LogP contribution in [-0.2, 0) is 11.3 Å². The SMILES string of the molecule is NCC#Cc1cc(Cl)ccc1NC(=O)CCn1ccnn1. The summed E-state index contributed by atoms with van der Waals surface area (Å²) >= 11 is 5.93. The normalized spacial score (nSPS) is 9.81. The van der Waals surface area contributed by atoms with Crippen molar-refractivity contribution in [3.05, 3.63) is 41.2 Å². The molecule has 0 unspecified atom stereocenters. The van der Waals surface area contributed by atoms with Crippen molar-refractivity contribution >= 4 is 23.2 Å². The Kier molecular flexibility index (Phi) is 5.32. The molecule has 1 amide bonds. The second kappa shape index (κ2) is 7.43. The van der Waals surface area contributed by atoms with Crippen molar-refractivity contribution in [2.75, 3.05) is 11.9 Å². The van der Waals surface area contributed by atoms with Crippen molar-refractivity contribution in [1.29, 1.82) is 0 Å². The molecule has 0 radical (unpaired) electrons. The number of amides is 1. The molecule has 0 aliphatic heterocycles. The van der Waals surface area contributed by atoms with Gasteiger partial charge in [-0.05, 0) is 18.2 Å². The lowest BCUT2D eigenvalue weighted by molar-refractivity contribution is -0.116. The molecule has 0 saturated carbocycles. The van der Waals surface area contributed by atoms with E-state index in [9.17, 15) is 4.79 Å². The molecule has 0 aliphatic rings. The second-order valence-electron chi connectivity index (χ2n) is 4.16. The van der Waals surface area contributed by atoms with E-state index in [-0.39, 0.29) is 18.9 Å². The van der Waals surface area contributed by atoms with Gasteiger partial charge < -0.3 is 11.1 Å². The quantitative estimate of drug-likeness (QED) is 0.833. The molecule has 21 heavy (non-hydrogen) atoms. The first-order valence-electron chi connectivity index (χ1n) is 6.31. The molecule has 0 aliphatic carbocycles. The van der Waals surface area contributed by atoms with Crippen LogP contribution in [-0.4, -0.2) is 27.4 Å². The van der Waals surface area contributed by atoms with E-state index in [4.69, 9.17) is 17.3 Å². The number of nitrogens with zero attached hydrogens (tertiary/aromatic N) is 3. The van der Waals surface area contributed by atoms with E-state index in [2.05, 4.69) is 27.5 Å². The van der Waals surface area contributed by atoms with Gasteiger partial charge in [0.05, 0.1) is 25.0 Å². The van der Waals surface area contributed by atoms with Crippen molar-refractivity contribution in [1.82, 2.24) is 15.0 Å². The third kappa shape index (κ3) is 4.60. The molecule has 6 nitrogen and oxygen atoms in total. The summed E-state index contributed by atoms with van der Waals surface area (Å²) in [6.45, 7) is 0.704. The number of halogens is 1. The lowest BCUT2D eigenvalue weighted by Crippen LogP contribution is -2.15. The van der Waals surface area contributed by atoms with E-state index < -0.39 is 0 Å². The van der Waals surface area contributed by atoms with Crippen LogP contribution in [0.5, 0.6) is 0 Å². The highest BCUT2D eigenvalue weighted by Crippen LogP contribution is 2.20. The summed E-state index contributed by atoms with van der Waals surface area (Å²) < 4.78 is 1.59. The Hall–Kier alpha value is -2.36. The maximum atomic E-state index is 11.9. The Bertz CT molecular complexity index is 672. The van der Waals surface area contributed by atoms with Gasteiger partial charge in [-0.15, -0.1) is 5.10 Å². The third-order valence-electron chi connectivity index (χ3n) is 2.62. The molecule has 108 valence electrons. The van der Waals surface area contributed by atoms with E-state index in [0.29, 0.717) is 22.8 Å². The minimum atomic E-state index is -0.136. The molecule has 0 atom stereocenters. The first kappa shape index (κ1) is 15.0. The van der Waals surface area contributed by atoms with Crippen LogP contribution in [0.3, 0.4) is 0 Å². The highest BCUT2D eigenvalue weighted by Gasteiger charge is 2.07. The van der Waals surface area contributed by atoms with Crippen molar-refractivity contribution in [2.24, 2.45) is 5.73 Å². The molecule has 0 spiro atoms. The smallest absolute Gasteiger partial charge is 0.226 e. The van der Waals surface area contributed by atoms with E-state index in [1.807, 2.05) is 0 Å². The number of aryl methyl sites for hydroxylation is 1. The van der Waals surface area contributed by atoms with Crippen LogP contribution in [0, 0.1) is 11.8 Å². The van der Waals surface area contributed by atoms with Gasteiger partial charge in [0.1, 0.15) is 0 Å². The minimum Gasteiger partial charge on any atom is -0.325 e. The molecular formula is C14H14ClN5O. The summed E-state index contributed by atoms with van der Waals surface area (Å²) in [5.74, 6) is 5.50. The fourth-order valence-corrected chi connectivity index (χ4v) is 1.83. The van der Waals surface area contributed by atoms with Crippen LogP contribution in [0.4, 0.5) is 5.69 Å². The van der Waals surface area contributed by atoms with E-state index in [1.54, 1.807) is 35.3 Å². The monoisotopic (exact) mass is 303 g/mol. The number of carbonyl (C=O) groups is 1.